The summed E-state index contributed by atoms with van der Waals surface area (Å²) in [4.78, 5) is -0.825. The monoisotopic (exact) mass is 329 g/mol. The lowest BCUT2D eigenvalue weighted by molar-refractivity contribution is 0.291. The number of nitrogens with two attached hydrogens (primary N) is 1. The van der Waals surface area contributed by atoms with E-state index in [0.717, 1.165) is 6.26 Å². The molecule has 0 spiro atoms. The van der Waals surface area contributed by atoms with E-state index in [1.165, 1.54) is 0 Å². The Balaban J connectivity index is 2.95. The van der Waals surface area contributed by atoms with Gasteiger partial charge in [0.05, 0.1) is 12.4 Å². The van der Waals surface area contributed by atoms with Crippen LogP contribution in [0.4, 0.5) is 8.78 Å². The predicted octanol–water partition coefficient (Wildman–Crippen LogP) is 0.426. The van der Waals surface area contributed by atoms with Gasteiger partial charge in [0, 0.05) is 12.3 Å². The van der Waals surface area contributed by atoms with Crippen molar-refractivity contribution in [3.63, 3.8) is 0 Å². The van der Waals surface area contributed by atoms with E-state index in [9.17, 15) is 25.6 Å². The molecule has 1 aromatic carbocycles. The van der Waals surface area contributed by atoms with Crippen LogP contribution in [-0.2, 0) is 19.9 Å². The van der Waals surface area contributed by atoms with Crippen molar-refractivity contribution < 1.29 is 30.4 Å². The number of rotatable bonds is 6. The Morgan fingerprint density at radius 1 is 1.20 bits per heavy atom. The summed E-state index contributed by atoms with van der Waals surface area (Å²) in [7, 11) is -7.58. The Kier molecular flexibility index (Phi) is 5.05. The third kappa shape index (κ3) is 5.02. The van der Waals surface area contributed by atoms with E-state index in [4.69, 9.17) is 9.88 Å². The molecule has 0 radical (unpaired) electrons. The van der Waals surface area contributed by atoms with Crippen LogP contribution < -0.4 is 9.88 Å². The Hall–Kier alpha value is -1.26. The van der Waals surface area contributed by atoms with Gasteiger partial charge in [0.1, 0.15) is 20.5 Å². The molecule has 20 heavy (non-hydrogen) atoms. The van der Waals surface area contributed by atoms with Gasteiger partial charge in [-0.2, -0.15) is 0 Å². The molecule has 0 aliphatic heterocycles. The fraction of sp³-hybridized carbons (Fsp3) is 0.400. The third-order valence-corrected chi connectivity index (χ3v) is 4.13. The normalized spacial score (nSPS) is 12.4. The van der Waals surface area contributed by atoms with Crippen molar-refractivity contribution in [2.45, 2.75) is 11.3 Å². The van der Waals surface area contributed by atoms with Crippen LogP contribution in [0.5, 0.6) is 5.75 Å². The molecule has 0 aliphatic rings. The summed E-state index contributed by atoms with van der Waals surface area (Å²) in [5.74, 6) is -3.27. The standard InChI is InChI=1S/C10H13F2NO5S2/c1-19(14,15)4-2-3-18-10-8(12)5-7(11)6-9(10)20(13,16)17/h5-6H,2-4H2,1H3,(H2,13,16,17). The van der Waals surface area contributed by atoms with Gasteiger partial charge in [-0.1, -0.05) is 0 Å². The Morgan fingerprint density at radius 3 is 2.30 bits per heavy atom. The first-order valence-electron chi connectivity index (χ1n) is 5.33. The summed E-state index contributed by atoms with van der Waals surface area (Å²) in [6.07, 6.45) is 1.04. The first-order chi connectivity index (χ1) is 9.00. The highest BCUT2D eigenvalue weighted by Crippen LogP contribution is 2.27. The van der Waals surface area contributed by atoms with Crippen LogP contribution in [0.25, 0.3) is 0 Å². The van der Waals surface area contributed by atoms with Gasteiger partial charge in [-0.15, -0.1) is 0 Å². The lowest BCUT2D eigenvalue weighted by Crippen LogP contribution is -2.16. The van der Waals surface area contributed by atoms with Crippen LogP contribution in [0.2, 0.25) is 0 Å². The van der Waals surface area contributed by atoms with Crippen LogP contribution >= 0.6 is 0 Å². The molecule has 0 saturated carbocycles. The summed E-state index contributed by atoms with van der Waals surface area (Å²) in [6.45, 7) is -0.252. The van der Waals surface area contributed by atoms with Crippen molar-refractivity contribution >= 4 is 19.9 Å². The van der Waals surface area contributed by atoms with E-state index in [1.807, 2.05) is 0 Å². The van der Waals surface area contributed by atoms with Crippen LogP contribution in [0.3, 0.4) is 0 Å². The quantitative estimate of drug-likeness (QED) is 0.762. The van der Waals surface area contributed by atoms with Crippen LogP contribution in [0, 0.1) is 11.6 Å². The number of sulfonamides is 1. The highest BCUT2D eigenvalue weighted by atomic mass is 32.2. The van der Waals surface area contributed by atoms with Gasteiger partial charge in [0.2, 0.25) is 10.0 Å². The van der Waals surface area contributed by atoms with E-state index in [0.29, 0.717) is 12.1 Å². The number of halogens is 2. The van der Waals surface area contributed by atoms with E-state index < -0.39 is 42.1 Å². The molecular weight excluding hydrogens is 316 g/mol. The number of benzene rings is 1. The average molecular weight is 329 g/mol. The maximum atomic E-state index is 13.5. The zero-order valence-corrected chi connectivity index (χ0v) is 12.1. The number of ether oxygens (including phenoxy) is 1. The molecule has 1 aromatic rings. The minimum Gasteiger partial charge on any atom is -0.489 e. The summed E-state index contributed by atoms with van der Waals surface area (Å²) >= 11 is 0. The molecule has 6 nitrogen and oxygen atoms in total. The fourth-order valence-corrected chi connectivity index (χ4v) is 2.72. The molecule has 114 valence electrons. The summed E-state index contributed by atoms with van der Waals surface area (Å²) in [5.41, 5.74) is 0. The molecule has 0 aliphatic carbocycles. The Bertz CT molecular complexity index is 701. The van der Waals surface area contributed by atoms with Crippen LogP contribution in [-0.4, -0.2) is 35.5 Å². The summed E-state index contributed by atoms with van der Waals surface area (Å²) < 4.78 is 75.6. The first-order valence-corrected chi connectivity index (χ1v) is 8.94. The van der Waals surface area contributed by atoms with Gasteiger partial charge in [0.15, 0.2) is 11.6 Å². The molecular formula is C10H13F2NO5S2. The van der Waals surface area contributed by atoms with E-state index in [1.54, 1.807) is 0 Å². The molecule has 0 atom stereocenters. The van der Waals surface area contributed by atoms with Crippen molar-refractivity contribution in [2.24, 2.45) is 5.14 Å². The lowest BCUT2D eigenvalue weighted by atomic mass is 10.3. The average Bonchev–Trinajstić information content (AvgIpc) is 2.23. The Labute approximate surface area is 115 Å². The SMILES string of the molecule is CS(=O)(=O)CCCOc1c(F)cc(F)cc1S(N)(=O)=O. The molecule has 0 saturated heterocycles. The zero-order valence-electron chi connectivity index (χ0n) is 10.5. The molecule has 10 heteroatoms. The van der Waals surface area contributed by atoms with Gasteiger partial charge in [-0.25, -0.2) is 30.8 Å². The maximum absolute atomic E-state index is 13.5. The van der Waals surface area contributed by atoms with Gasteiger partial charge in [-0.05, 0) is 12.5 Å². The molecule has 0 unspecified atom stereocenters. The molecule has 0 heterocycles. The van der Waals surface area contributed by atoms with Crippen molar-refractivity contribution in [1.82, 2.24) is 0 Å². The van der Waals surface area contributed by atoms with E-state index in [2.05, 4.69) is 0 Å². The number of sulfone groups is 1. The smallest absolute Gasteiger partial charge is 0.241 e. The van der Waals surface area contributed by atoms with Gasteiger partial charge >= 0.3 is 0 Å². The van der Waals surface area contributed by atoms with E-state index in [-0.39, 0.29) is 18.8 Å². The predicted molar refractivity (Wildman–Crippen MR) is 67.6 cm³/mol. The zero-order chi connectivity index (χ0) is 15.6. The van der Waals surface area contributed by atoms with Crippen molar-refractivity contribution in [3.8, 4) is 5.75 Å². The largest absolute Gasteiger partial charge is 0.489 e. The first kappa shape index (κ1) is 16.8. The van der Waals surface area contributed by atoms with Gasteiger partial charge in [0.25, 0.3) is 0 Å². The second kappa shape index (κ2) is 6.02. The molecule has 0 amide bonds. The van der Waals surface area contributed by atoms with Crippen LogP contribution in [0.1, 0.15) is 6.42 Å². The molecule has 1 rings (SSSR count). The maximum Gasteiger partial charge on any atom is 0.241 e. The molecule has 0 bridgehead atoms. The molecule has 0 fully saturated rings. The number of primary sulfonamides is 1. The molecule has 2 N–H and O–H groups in total. The van der Waals surface area contributed by atoms with Gasteiger partial charge < -0.3 is 4.74 Å². The number of hydrogen-bond donors (Lipinski definition) is 1. The van der Waals surface area contributed by atoms with E-state index >= 15 is 0 Å². The van der Waals surface area contributed by atoms with Crippen molar-refractivity contribution in [2.75, 3.05) is 18.6 Å². The summed E-state index contributed by atoms with van der Waals surface area (Å²) in [5, 5.41) is 4.83. The summed E-state index contributed by atoms with van der Waals surface area (Å²) in [6, 6.07) is 0.977. The third-order valence-electron chi connectivity index (χ3n) is 2.19. The van der Waals surface area contributed by atoms with Gasteiger partial charge in [-0.3, -0.25) is 0 Å². The fourth-order valence-electron chi connectivity index (χ4n) is 1.38. The minimum absolute atomic E-state index is 0.0275. The highest BCUT2D eigenvalue weighted by molar-refractivity contribution is 7.90. The number of hydrogen-bond acceptors (Lipinski definition) is 5. The minimum atomic E-state index is -4.37. The van der Waals surface area contributed by atoms with Crippen molar-refractivity contribution in [3.05, 3.63) is 23.8 Å². The second-order valence-electron chi connectivity index (χ2n) is 4.09. The van der Waals surface area contributed by atoms with Crippen molar-refractivity contribution in [1.29, 1.82) is 0 Å². The molecule has 0 aromatic heterocycles. The second-order valence-corrected chi connectivity index (χ2v) is 7.88. The lowest BCUT2D eigenvalue weighted by Gasteiger charge is -2.11. The highest BCUT2D eigenvalue weighted by Gasteiger charge is 2.21. The van der Waals surface area contributed by atoms with Crippen LogP contribution in [0.15, 0.2) is 17.0 Å². The Morgan fingerprint density at radius 2 is 1.80 bits per heavy atom. The topological polar surface area (TPSA) is 104 Å².